The molecule has 0 aliphatic carbocycles. The first-order valence-electron chi connectivity index (χ1n) is 8.92. The van der Waals surface area contributed by atoms with Gasteiger partial charge in [0.15, 0.2) is 0 Å². The number of hydrogen-bond donors (Lipinski definition) is 0. The molecule has 5 nitrogen and oxygen atoms in total. The number of anilines is 1. The fourth-order valence-corrected chi connectivity index (χ4v) is 3.96. The van der Waals surface area contributed by atoms with Crippen LogP contribution in [0.5, 0.6) is 5.75 Å². The highest BCUT2D eigenvalue weighted by Crippen LogP contribution is 2.27. The summed E-state index contributed by atoms with van der Waals surface area (Å²) in [4.78, 5) is 13.5. The summed E-state index contributed by atoms with van der Waals surface area (Å²) < 4.78 is 5.96. The fraction of sp³-hybridized carbons (Fsp3) is 0.474. The molecule has 0 saturated carbocycles. The van der Waals surface area contributed by atoms with Crippen LogP contribution in [0, 0.1) is 5.92 Å². The Hall–Kier alpha value is -1.85. The molecular weight excluding hydrogens is 336 g/mol. The zero-order valence-electron chi connectivity index (χ0n) is 14.2. The molecule has 1 aromatic carbocycles. The lowest BCUT2D eigenvalue weighted by Crippen LogP contribution is -2.57. The van der Waals surface area contributed by atoms with Gasteiger partial charge >= 0.3 is 0 Å². The van der Waals surface area contributed by atoms with Gasteiger partial charge in [0, 0.05) is 38.1 Å². The Kier molecular flexibility index (Phi) is 5.04. The summed E-state index contributed by atoms with van der Waals surface area (Å²) in [6, 6.07) is 10.7. The maximum absolute atomic E-state index is 5.98. The van der Waals surface area contributed by atoms with E-state index < -0.39 is 0 Å². The maximum atomic E-state index is 5.98. The summed E-state index contributed by atoms with van der Waals surface area (Å²) in [5.74, 6) is 2.46. The standard InChI is InChI=1S/C19H23ClN4O/c20-18-10-21-11-19(22-18)24-9-8-23-12-15(6-7-16(23)13-24)14-25-17-4-2-1-3-5-17/h1-5,10-11,15-16H,6-9,12-14H2/t15-,16+/m1/s1. The van der Waals surface area contributed by atoms with Crippen LogP contribution in [0.15, 0.2) is 42.7 Å². The third kappa shape index (κ3) is 4.05. The zero-order valence-corrected chi connectivity index (χ0v) is 15.0. The van der Waals surface area contributed by atoms with E-state index in [1.165, 1.54) is 12.8 Å². The average Bonchev–Trinajstić information content (AvgIpc) is 2.66. The van der Waals surface area contributed by atoms with Crippen molar-refractivity contribution in [2.24, 2.45) is 5.92 Å². The molecule has 0 unspecified atom stereocenters. The van der Waals surface area contributed by atoms with Crippen molar-refractivity contribution in [1.82, 2.24) is 14.9 Å². The summed E-state index contributed by atoms with van der Waals surface area (Å²) in [6.45, 7) is 4.95. The molecule has 0 amide bonds. The van der Waals surface area contributed by atoms with Crippen LogP contribution in [0.1, 0.15) is 12.8 Å². The number of benzene rings is 1. The minimum Gasteiger partial charge on any atom is -0.493 e. The van der Waals surface area contributed by atoms with E-state index in [0.717, 1.165) is 44.4 Å². The van der Waals surface area contributed by atoms with Crippen LogP contribution in [0.3, 0.4) is 0 Å². The molecule has 0 N–H and O–H groups in total. The van der Waals surface area contributed by atoms with Crippen molar-refractivity contribution in [1.29, 1.82) is 0 Å². The molecule has 0 bridgehead atoms. The van der Waals surface area contributed by atoms with E-state index in [9.17, 15) is 0 Å². The summed E-state index contributed by atoms with van der Waals surface area (Å²) in [7, 11) is 0. The molecule has 132 valence electrons. The second-order valence-electron chi connectivity index (χ2n) is 6.86. The molecule has 2 fully saturated rings. The van der Waals surface area contributed by atoms with Gasteiger partial charge in [0.25, 0.3) is 0 Å². The minimum atomic E-state index is 0.460. The number of aromatic nitrogens is 2. The number of fused-ring (bicyclic) bond motifs is 1. The minimum absolute atomic E-state index is 0.460. The van der Waals surface area contributed by atoms with E-state index in [4.69, 9.17) is 16.3 Å². The Labute approximate surface area is 153 Å². The molecule has 2 aliphatic rings. The van der Waals surface area contributed by atoms with Gasteiger partial charge in [0.1, 0.15) is 16.7 Å². The van der Waals surface area contributed by atoms with Crippen LogP contribution < -0.4 is 9.64 Å². The quantitative estimate of drug-likeness (QED) is 0.840. The number of piperidine rings is 1. The molecule has 6 heteroatoms. The first-order valence-corrected chi connectivity index (χ1v) is 9.30. The van der Waals surface area contributed by atoms with Gasteiger partial charge in [-0.1, -0.05) is 29.8 Å². The number of ether oxygens (including phenoxy) is 1. The molecule has 25 heavy (non-hydrogen) atoms. The molecule has 0 spiro atoms. The van der Waals surface area contributed by atoms with Crippen LogP contribution in [0.2, 0.25) is 5.15 Å². The Morgan fingerprint density at radius 3 is 2.80 bits per heavy atom. The fourth-order valence-electron chi connectivity index (χ4n) is 3.82. The number of rotatable bonds is 4. The lowest BCUT2D eigenvalue weighted by atomic mass is 9.91. The Bertz CT molecular complexity index is 699. The van der Waals surface area contributed by atoms with E-state index in [0.29, 0.717) is 17.1 Å². The van der Waals surface area contributed by atoms with E-state index in [1.807, 2.05) is 30.3 Å². The van der Waals surface area contributed by atoms with Gasteiger partial charge in [0.05, 0.1) is 19.0 Å². The van der Waals surface area contributed by atoms with Crippen molar-refractivity contribution < 1.29 is 4.74 Å². The first kappa shape index (κ1) is 16.6. The number of hydrogen-bond acceptors (Lipinski definition) is 5. The topological polar surface area (TPSA) is 41.5 Å². The van der Waals surface area contributed by atoms with Gasteiger partial charge in [-0.05, 0) is 25.0 Å². The molecule has 3 heterocycles. The lowest BCUT2D eigenvalue weighted by molar-refractivity contribution is 0.0727. The van der Waals surface area contributed by atoms with E-state index in [2.05, 4.69) is 19.8 Å². The molecule has 2 aromatic rings. The van der Waals surface area contributed by atoms with Crippen molar-refractivity contribution in [3.05, 3.63) is 47.9 Å². The summed E-state index contributed by atoms with van der Waals surface area (Å²) in [5.41, 5.74) is 0. The number of piperazine rings is 1. The van der Waals surface area contributed by atoms with Gasteiger partial charge in [-0.2, -0.15) is 0 Å². The molecule has 2 atom stereocenters. The molecule has 2 aliphatic heterocycles. The van der Waals surface area contributed by atoms with Gasteiger partial charge in [-0.3, -0.25) is 9.88 Å². The second kappa shape index (κ2) is 7.58. The zero-order chi connectivity index (χ0) is 17.1. The van der Waals surface area contributed by atoms with Crippen molar-refractivity contribution in [2.45, 2.75) is 18.9 Å². The molecule has 2 saturated heterocycles. The number of nitrogens with zero attached hydrogens (tertiary/aromatic N) is 4. The van der Waals surface area contributed by atoms with Gasteiger partial charge in [0.2, 0.25) is 0 Å². The highest BCUT2D eigenvalue weighted by molar-refractivity contribution is 6.29. The second-order valence-corrected chi connectivity index (χ2v) is 7.25. The Morgan fingerprint density at radius 2 is 1.96 bits per heavy atom. The van der Waals surface area contributed by atoms with Gasteiger partial charge in [-0.15, -0.1) is 0 Å². The molecule has 4 rings (SSSR count). The predicted octanol–water partition coefficient (Wildman–Crippen LogP) is 3.11. The predicted molar refractivity (Wildman–Crippen MR) is 99.3 cm³/mol. The average molecular weight is 359 g/mol. The van der Waals surface area contributed by atoms with Crippen LogP contribution >= 0.6 is 11.6 Å². The normalized spacial score (nSPS) is 24.0. The number of para-hydroxylation sites is 1. The third-order valence-corrected chi connectivity index (χ3v) is 5.33. The van der Waals surface area contributed by atoms with Crippen LogP contribution in [0.25, 0.3) is 0 Å². The molecule has 1 aromatic heterocycles. The van der Waals surface area contributed by atoms with Crippen LogP contribution in [-0.4, -0.2) is 53.7 Å². The van der Waals surface area contributed by atoms with Crippen molar-refractivity contribution in [2.75, 3.05) is 37.7 Å². The van der Waals surface area contributed by atoms with Crippen LogP contribution in [0.4, 0.5) is 5.82 Å². The lowest BCUT2D eigenvalue weighted by Gasteiger charge is -2.46. The highest BCUT2D eigenvalue weighted by atomic mass is 35.5. The van der Waals surface area contributed by atoms with E-state index in [1.54, 1.807) is 12.4 Å². The SMILES string of the molecule is Clc1cncc(N2CCN3C[C@H](COc4ccccc4)CC[C@H]3C2)n1. The van der Waals surface area contributed by atoms with Crippen molar-refractivity contribution in [3.8, 4) is 5.75 Å². The van der Waals surface area contributed by atoms with E-state index >= 15 is 0 Å². The monoisotopic (exact) mass is 358 g/mol. The maximum Gasteiger partial charge on any atom is 0.149 e. The van der Waals surface area contributed by atoms with Gasteiger partial charge < -0.3 is 9.64 Å². The largest absolute Gasteiger partial charge is 0.493 e. The molecule has 0 radical (unpaired) electrons. The Balaban J connectivity index is 1.31. The number of halogens is 1. The van der Waals surface area contributed by atoms with Crippen molar-refractivity contribution >= 4 is 17.4 Å². The first-order chi connectivity index (χ1) is 12.3. The van der Waals surface area contributed by atoms with Crippen LogP contribution in [-0.2, 0) is 0 Å². The van der Waals surface area contributed by atoms with Gasteiger partial charge in [-0.25, -0.2) is 4.98 Å². The summed E-state index contributed by atoms with van der Waals surface area (Å²) >= 11 is 5.98. The van der Waals surface area contributed by atoms with E-state index in [-0.39, 0.29) is 0 Å². The summed E-state index contributed by atoms with van der Waals surface area (Å²) in [6.07, 6.45) is 5.80. The Morgan fingerprint density at radius 1 is 1.08 bits per heavy atom. The smallest absolute Gasteiger partial charge is 0.149 e. The summed E-state index contributed by atoms with van der Waals surface area (Å²) in [5, 5.41) is 0.460. The molecular formula is C19H23ClN4O. The third-order valence-electron chi connectivity index (χ3n) is 5.15. The highest BCUT2D eigenvalue weighted by Gasteiger charge is 2.33. The van der Waals surface area contributed by atoms with Crippen molar-refractivity contribution in [3.63, 3.8) is 0 Å².